The lowest BCUT2D eigenvalue weighted by Gasteiger charge is -2.09. The van der Waals surface area contributed by atoms with Crippen molar-refractivity contribution >= 4 is 37.5 Å². The predicted octanol–water partition coefficient (Wildman–Crippen LogP) is 1.86. The lowest BCUT2D eigenvalue weighted by Crippen LogP contribution is -2.15. The third-order valence-electron chi connectivity index (χ3n) is 2.33. The van der Waals surface area contributed by atoms with Gasteiger partial charge in [-0.2, -0.15) is 5.10 Å². The second-order valence-electron chi connectivity index (χ2n) is 3.72. The molecule has 4 N–H and O–H groups in total. The standard InChI is InChI=1S/C10H11BrN4O2S/c1-6-5-13-14-10(6)15-18(16,17)9-3-2-7(11)4-8(9)12/h2-5H,12H2,1H3,(H2,13,14,15). The van der Waals surface area contributed by atoms with Crippen LogP contribution in [0.3, 0.4) is 0 Å². The zero-order chi connectivity index (χ0) is 13.3. The molecule has 2 rings (SSSR count). The summed E-state index contributed by atoms with van der Waals surface area (Å²) >= 11 is 3.22. The lowest BCUT2D eigenvalue weighted by molar-refractivity contribution is 0.601. The van der Waals surface area contributed by atoms with E-state index >= 15 is 0 Å². The van der Waals surface area contributed by atoms with Crippen LogP contribution in [0, 0.1) is 6.92 Å². The molecular formula is C10H11BrN4O2S. The van der Waals surface area contributed by atoms with E-state index < -0.39 is 10.0 Å². The summed E-state index contributed by atoms with van der Waals surface area (Å²) in [7, 11) is -3.72. The van der Waals surface area contributed by atoms with Crippen molar-refractivity contribution in [3.05, 3.63) is 34.4 Å². The largest absolute Gasteiger partial charge is 0.398 e. The van der Waals surface area contributed by atoms with Crippen molar-refractivity contribution in [2.45, 2.75) is 11.8 Å². The molecule has 0 aliphatic heterocycles. The molecule has 0 bridgehead atoms. The van der Waals surface area contributed by atoms with Crippen molar-refractivity contribution < 1.29 is 8.42 Å². The van der Waals surface area contributed by atoms with Gasteiger partial charge in [-0.3, -0.25) is 9.82 Å². The van der Waals surface area contributed by atoms with Crippen molar-refractivity contribution in [3.8, 4) is 0 Å². The van der Waals surface area contributed by atoms with Gasteiger partial charge >= 0.3 is 0 Å². The summed E-state index contributed by atoms with van der Waals surface area (Å²) < 4.78 is 27.4. The van der Waals surface area contributed by atoms with Gasteiger partial charge < -0.3 is 5.73 Å². The van der Waals surface area contributed by atoms with E-state index in [2.05, 4.69) is 30.8 Å². The van der Waals surface area contributed by atoms with Crippen LogP contribution in [-0.2, 0) is 10.0 Å². The highest BCUT2D eigenvalue weighted by atomic mass is 79.9. The minimum Gasteiger partial charge on any atom is -0.398 e. The Hall–Kier alpha value is -1.54. The molecule has 96 valence electrons. The molecule has 8 heteroatoms. The van der Waals surface area contributed by atoms with E-state index in [0.717, 1.165) is 4.47 Å². The van der Waals surface area contributed by atoms with Gasteiger partial charge in [-0.1, -0.05) is 15.9 Å². The number of hydrogen-bond acceptors (Lipinski definition) is 4. The molecule has 0 radical (unpaired) electrons. The molecule has 0 spiro atoms. The quantitative estimate of drug-likeness (QED) is 0.747. The fourth-order valence-corrected chi connectivity index (χ4v) is 2.98. The van der Waals surface area contributed by atoms with Gasteiger partial charge in [0.25, 0.3) is 10.0 Å². The average molecular weight is 331 g/mol. The highest BCUT2D eigenvalue weighted by Gasteiger charge is 2.19. The first-order valence-electron chi connectivity index (χ1n) is 4.98. The number of aromatic nitrogens is 2. The van der Waals surface area contributed by atoms with E-state index in [4.69, 9.17) is 5.73 Å². The SMILES string of the molecule is Cc1cn[nH]c1NS(=O)(=O)c1ccc(Br)cc1N. The number of nitrogen functional groups attached to an aromatic ring is 1. The van der Waals surface area contributed by atoms with Gasteiger partial charge in [0.2, 0.25) is 0 Å². The Bertz CT molecular complexity index is 681. The van der Waals surface area contributed by atoms with Crippen LogP contribution in [0.1, 0.15) is 5.56 Å². The van der Waals surface area contributed by atoms with Crippen molar-refractivity contribution in [3.63, 3.8) is 0 Å². The molecule has 2 aromatic rings. The number of benzene rings is 1. The molecule has 0 atom stereocenters. The van der Waals surface area contributed by atoms with Crippen LogP contribution < -0.4 is 10.5 Å². The maximum absolute atomic E-state index is 12.1. The van der Waals surface area contributed by atoms with Gasteiger partial charge in [0.05, 0.1) is 11.9 Å². The number of H-pyrrole nitrogens is 1. The number of nitrogens with one attached hydrogen (secondary N) is 2. The van der Waals surface area contributed by atoms with E-state index in [1.54, 1.807) is 13.0 Å². The first kappa shape index (κ1) is 12.9. The van der Waals surface area contributed by atoms with Crippen molar-refractivity contribution in [1.82, 2.24) is 10.2 Å². The van der Waals surface area contributed by atoms with Gasteiger partial charge in [-0.15, -0.1) is 0 Å². The summed E-state index contributed by atoms with van der Waals surface area (Å²) in [6.45, 7) is 1.74. The van der Waals surface area contributed by atoms with E-state index in [-0.39, 0.29) is 10.6 Å². The van der Waals surface area contributed by atoms with E-state index in [1.165, 1.54) is 18.3 Å². The van der Waals surface area contributed by atoms with Crippen LogP contribution in [-0.4, -0.2) is 18.6 Å². The highest BCUT2D eigenvalue weighted by molar-refractivity contribution is 9.10. The number of sulfonamides is 1. The summed E-state index contributed by atoms with van der Waals surface area (Å²) in [6.07, 6.45) is 1.53. The Labute approximate surface area is 113 Å². The molecule has 0 amide bonds. The zero-order valence-corrected chi connectivity index (χ0v) is 11.8. The summed E-state index contributed by atoms with van der Waals surface area (Å²) in [6, 6.07) is 4.59. The minimum atomic E-state index is -3.72. The first-order valence-corrected chi connectivity index (χ1v) is 7.25. The smallest absolute Gasteiger partial charge is 0.265 e. The number of rotatable bonds is 3. The summed E-state index contributed by atoms with van der Waals surface area (Å²) in [4.78, 5) is 0.0275. The normalized spacial score (nSPS) is 11.4. The second kappa shape index (κ2) is 4.62. The van der Waals surface area contributed by atoms with Gasteiger partial charge in [0.1, 0.15) is 10.7 Å². The molecule has 0 saturated carbocycles. The van der Waals surface area contributed by atoms with Crippen LogP contribution in [0.25, 0.3) is 0 Å². The van der Waals surface area contributed by atoms with Crippen LogP contribution in [0.5, 0.6) is 0 Å². The summed E-state index contributed by atoms with van der Waals surface area (Å²) in [5, 5.41) is 6.32. The molecule has 1 aromatic heterocycles. The Balaban J connectivity index is 2.40. The van der Waals surface area contributed by atoms with Gasteiger partial charge in [-0.05, 0) is 25.1 Å². The van der Waals surface area contributed by atoms with Crippen LogP contribution in [0.2, 0.25) is 0 Å². The molecule has 0 unspecified atom stereocenters. The first-order chi connectivity index (χ1) is 8.40. The number of aromatic amines is 1. The van der Waals surface area contributed by atoms with Crippen LogP contribution in [0.4, 0.5) is 11.5 Å². The van der Waals surface area contributed by atoms with E-state index in [0.29, 0.717) is 11.4 Å². The summed E-state index contributed by atoms with van der Waals surface area (Å²) in [5.41, 5.74) is 6.58. The maximum atomic E-state index is 12.1. The number of anilines is 2. The molecule has 0 fully saturated rings. The van der Waals surface area contributed by atoms with E-state index in [1.807, 2.05) is 0 Å². The lowest BCUT2D eigenvalue weighted by atomic mass is 10.3. The number of hydrogen-bond donors (Lipinski definition) is 3. The van der Waals surface area contributed by atoms with Gasteiger partial charge in [-0.25, -0.2) is 8.42 Å². The average Bonchev–Trinajstić information content (AvgIpc) is 2.63. The molecule has 1 heterocycles. The molecule has 6 nitrogen and oxygen atoms in total. The second-order valence-corrected chi connectivity index (χ2v) is 6.28. The fourth-order valence-electron chi connectivity index (χ4n) is 1.40. The molecular weight excluding hydrogens is 320 g/mol. The maximum Gasteiger partial charge on any atom is 0.265 e. The zero-order valence-electron chi connectivity index (χ0n) is 9.44. The molecule has 18 heavy (non-hydrogen) atoms. The topological polar surface area (TPSA) is 101 Å². The molecule has 0 aliphatic rings. The van der Waals surface area contributed by atoms with Gasteiger partial charge in [0, 0.05) is 10.0 Å². The predicted molar refractivity (Wildman–Crippen MR) is 72.7 cm³/mol. The number of halogens is 1. The molecule has 1 aromatic carbocycles. The summed E-state index contributed by atoms with van der Waals surface area (Å²) in [5.74, 6) is 0.331. The highest BCUT2D eigenvalue weighted by Crippen LogP contribution is 2.24. The third kappa shape index (κ3) is 2.49. The molecule has 0 aliphatic carbocycles. The van der Waals surface area contributed by atoms with Crippen LogP contribution in [0.15, 0.2) is 33.8 Å². The molecule has 0 saturated heterocycles. The Morgan fingerprint density at radius 1 is 1.44 bits per heavy atom. The Morgan fingerprint density at radius 3 is 2.72 bits per heavy atom. The van der Waals surface area contributed by atoms with Crippen molar-refractivity contribution in [2.75, 3.05) is 10.5 Å². The number of aryl methyl sites for hydroxylation is 1. The number of nitrogens with zero attached hydrogens (tertiary/aromatic N) is 1. The number of nitrogens with two attached hydrogens (primary N) is 1. The van der Waals surface area contributed by atoms with Crippen molar-refractivity contribution in [1.29, 1.82) is 0 Å². The monoisotopic (exact) mass is 330 g/mol. The minimum absolute atomic E-state index is 0.0275. The van der Waals surface area contributed by atoms with Crippen LogP contribution >= 0.6 is 15.9 Å². The Morgan fingerprint density at radius 2 is 2.17 bits per heavy atom. The Kier molecular flexibility index (Phi) is 3.31. The van der Waals surface area contributed by atoms with E-state index in [9.17, 15) is 8.42 Å². The fraction of sp³-hybridized carbons (Fsp3) is 0.100. The van der Waals surface area contributed by atoms with Gasteiger partial charge in [0.15, 0.2) is 0 Å². The van der Waals surface area contributed by atoms with Crippen molar-refractivity contribution in [2.24, 2.45) is 0 Å². The third-order valence-corrected chi connectivity index (χ3v) is 4.24.